The number of allylic oxidation sites excluding steroid dienone is 1. The number of aromatic nitrogens is 2. The number of anilines is 1. The predicted octanol–water partition coefficient (Wildman–Crippen LogP) is 5.24. The van der Waals surface area contributed by atoms with E-state index < -0.39 is 0 Å². The molecule has 0 saturated heterocycles. The van der Waals surface area contributed by atoms with Crippen molar-refractivity contribution in [1.82, 2.24) is 9.38 Å². The molecule has 0 radical (unpaired) electrons. The van der Waals surface area contributed by atoms with Gasteiger partial charge in [-0.15, -0.1) is 0 Å². The van der Waals surface area contributed by atoms with Crippen molar-refractivity contribution in [2.24, 2.45) is 0 Å². The summed E-state index contributed by atoms with van der Waals surface area (Å²) in [5, 5.41) is 0. The van der Waals surface area contributed by atoms with E-state index in [0.29, 0.717) is 6.61 Å². The van der Waals surface area contributed by atoms with Crippen molar-refractivity contribution in [3.63, 3.8) is 0 Å². The molecule has 5 heteroatoms. The van der Waals surface area contributed by atoms with Crippen molar-refractivity contribution >= 4 is 32.2 Å². The summed E-state index contributed by atoms with van der Waals surface area (Å²) >= 11 is 1.68. The van der Waals surface area contributed by atoms with Crippen LogP contribution in [0.4, 0.5) is 5.69 Å². The minimum absolute atomic E-state index is 0.595. The molecule has 0 bridgehead atoms. The fourth-order valence-electron chi connectivity index (χ4n) is 2.88. The third-order valence-electron chi connectivity index (χ3n) is 4.33. The molecule has 2 aromatic heterocycles. The molecule has 0 atom stereocenters. The van der Waals surface area contributed by atoms with Crippen LogP contribution in [-0.4, -0.2) is 30.1 Å². The second-order valence-corrected chi connectivity index (χ2v) is 7.34. The molecule has 0 saturated carbocycles. The Morgan fingerprint density at radius 2 is 1.96 bits per heavy atom. The van der Waals surface area contributed by atoms with E-state index in [-0.39, 0.29) is 0 Å². The Hall–Kier alpha value is -2.79. The molecule has 132 valence electrons. The number of imidazole rings is 1. The number of ether oxygens (including phenoxy) is 1. The molecule has 2 aromatic carbocycles. The summed E-state index contributed by atoms with van der Waals surface area (Å²) in [5.74, 6) is 0.889. The zero-order chi connectivity index (χ0) is 18.1. The van der Waals surface area contributed by atoms with E-state index in [1.165, 1.54) is 10.4 Å². The summed E-state index contributed by atoms with van der Waals surface area (Å²) in [6.07, 6.45) is 6.10. The van der Waals surface area contributed by atoms with Gasteiger partial charge in [0.25, 0.3) is 0 Å². The highest BCUT2D eigenvalue weighted by Crippen LogP contribution is 2.32. The molecule has 0 N–H and O–H groups in total. The van der Waals surface area contributed by atoms with Crippen LogP contribution in [0.5, 0.6) is 5.75 Å². The minimum atomic E-state index is 0.595. The van der Waals surface area contributed by atoms with E-state index in [2.05, 4.69) is 51.9 Å². The average molecular weight is 363 g/mol. The Balaban J connectivity index is 1.67. The summed E-state index contributed by atoms with van der Waals surface area (Å²) in [7, 11) is 4.09. The molecule has 0 aliphatic carbocycles. The monoisotopic (exact) mass is 363 g/mol. The number of benzene rings is 2. The van der Waals surface area contributed by atoms with Crippen molar-refractivity contribution in [3.05, 3.63) is 60.8 Å². The van der Waals surface area contributed by atoms with E-state index in [0.717, 1.165) is 27.5 Å². The maximum Gasteiger partial charge on any atom is 0.195 e. The van der Waals surface area contributed by atoms with Gasteiger partial charge < -0.3 is 9.64 Å². The lowest BCUT2D eigenvalue weighted by Gasteiger charge is -2.12. The highest BCUT2D eigenvalue weighted by molar-refractivity contribution is 7.23. The molecule has 4 aromatic rings. The smallest absolute Gasteiger partial charge is 0.195 e. The molecule has 0 aliphatic rings. The van der Waals surface area contributed by atoms with Gasteiger partial charge in [0.2, 0.25) is 0 Å². The van der Waals surface area contributed by atoms with Gasteiger partial charge in [-0.3, -0.25) is 4.40 Å². The second kappa shape index (κ2) is 6.84. The summed E-state index contributed by atoms with van der Waals surface area (Å²) in [4.78, 5) is 7.91. The van der Waals surface area contributed by atoms with Crippen molar-refractivity contribution in [3.8, 4) is 17.0 Å². The van der Waals surface area contributed by atoms with Gasteiger partial charge in [0, 0.05) is 31.5 Å². The number of nitrogens with zero attached hydrogens (tertiary/aromatic N) is 3. The first-order valence-corrected chi connectivity index (χ1v) is 9.41. The Bertz CT molecular complexity index is 1070. The fourth-order valence-corrected chi connectivity index (χ4v) is 3.92. The lowest BCUT2D eigenvalue weighted by atomic mass is 10.1. The molecule has 0 aliphatic heterocycles. The van der Waals surface area contributed by atoms with Crippen LogP contribution in [0, 0.1) is 0 Å². The molecule has 2 heterocycles. The second-order valence-electron chi connectivity index (χ2n) is 6.33. The molecule has 0 unspecified atom stereocenters. The molecular formula is C21H21N3OS. The van der Waals surface area contributed by atoms with Crippen molar-refractivity contribution in [2.75, 3.05) is 25.6 Å². The summed E-state index contributed by atoms with van der Waals surface area (Å²) in [5.41, 5.74) is 4.47. The van der Waals surface area contributed by atoms with Gasteiger partial charge in [-0.1, -0.05) is 35.6 Å². The lowest BCUT2D eigenvalue weighted by molar-refractivity contribution is 0.363. The Kier molecular flexibility index (Phi) is 4.39. The molecule has 4 rings (SSSR count). The SMILES string of the molecule is C/C=C/COc1ccc2c(c1)sc1nc(-c3ccc(N(C)C)cc3)cn12. The van der Waals surface area contributed by atoms with Gasteiger partial charge in [-0.25, -0.2) is 4.98 Å². The van der Waals surface area contributed by atoms with E-state index in [1.807, 2.05) is 39.2 Å². The standard InChI is InChI=1S/C21H21N3OS/c1-4-5-12-25-17-10-11-19-20(13-17)26-21-22-18(14-24(19)21)15-6-8-16(9-7-15)23(2)3/h4-11,13-14H,12H2,1-3H3/b5-4+. The highest BCUT2D eigenvalue weighted by Gasteiger charge is 2.11. The maximum absolute atomic E-state index is 5.74. The van der Waals surface area contributed by atoms with Crippen LogP contribution in [0.3, 0.4) is 0 Å². The first-order valence-electron chi connectivity index (χ1n) is 8.59. The molecule has 26 heavy (non-hydrogen) atoms. The van der Waals surface area contributed by atoms with Gasteiger partial charge in [0.15, 0.2) is 4.96 Å². The molecule has 0 spiro atoms. The first-order chi connectivity index (χ1) is 12.7. The van der Waals surface area contributed by atoms with Gasteiger partial charge in [0.05, 0.1) is 15.9 Å². The zero-order valence-electron chi connectivity index (χ0n) is 15.1. The van der Waals surface area contributed by atoms with Crippen LogP contribution in [0.25, 0.3) is 26.4 Å². The maximum atomic E-state index is 5.74. The third-order valence-corrected chi connectivity index (χ3v) is 5.34. The number of hydrogen-bond donors (Lipinski definition) is 0. The zero-order valence-corrected chi connectivity index (χ0v) is 16.0. The number of fused-ring (bicyclic) bond motifs is 3. The quantitative estimate of drug-likeness (QED) is 0.454. The summed E-state index contributed by atoms with van der Waals surface area (Å²) in [6, 6.07) is 14.7. The van der Waals surface area contributed by atoms with Crippen LogP contribution < -0.4 is 9.64 Å². The number of thiazole rings is 1. The Morgan fingerprint density at radius 1 is 1.15 bits per heavy atom. The van der Waals surface area contributed by atoms with E-state index >= 15 is 0 Å². The van der Waals surface area contributed by atoms with Gasteiger partial charge >= 0.3 is 0 Å². The Labute approximate surface area is 157 Å². The summed E-state index contributed by atoms with van der Waals surface area (Å²) < 4.78 is 9.08. The average Bonchev–Trinajstić information content (AvgIpc) is 3.19. The van der Waals surface area contributed by atoms with Crippen molar-refractivity contribution < 1.29 is 4.74 Å². The summed E-state index contributed by atoms with van der Waals surface area (Å²) in [6.45, 7) is 2.59. The molecule has 0 amide bonds. The topological polar surface area (TPSA) is 29.8 Å². The number of rotatable bonds is 5. The van der Waals surface area contributed by atoms with E-state index in [1.54, 1.807) is 11.3 Å². The highest BCUT2D eigenvalue weighted by atomic mass is 32.1. The predicted molar refractivity (Wildman–Crippen MR) is 111 cm³/mol. The third kappa shape index (κ3) is 3.06. The van der Waals surface area contributed by atoms with Gasteiger partial charge in [-0.2, -0.15) is 0 Å². The van der Waals surface area contributed by atoms with Crippen molar-refractivity contribution in [1.29, 1.82) is 0 Å². The van der Waals surface area contributed by atoms with Crippen LogP contribution >= 0.6 is 11.3 Å². The fraction of sp³-hybridized carbons (Fsp3) is 0.190. The van der Waals surface area contributed by atoms with Gasteiger partial charge in [0.1, 0.15) is 12.4 Å². The van der Waals surface area contributed by atoms with Crippen LogP contribution in [-0.2, 0) is 0 Å². The first kappa shape index (κ1) is 16.7. The Morgan fingerprint density at radius 3 is 2.69 bits per heavy atom. The molecule has 0 fully saturated rings. The van der Waals surface area contributed by atoms with Crippen LogP contribution in [0.15, 0.2) is 60.8 Å². The van der Waals surface area contributed by atoms with E-state index in [9.17, 15) is 0 Å². The molecule has 4 nitrogen and oxygen atoms in total. The number of hydrogen-bond acceptors (Lipinski definition) is 4. The van der Waals surface area contributed by atoms with Gasteiger partial charge in [-0.05, 0) is 37.3 Å². The lowest BCUT2D eigenvalue weighted by Crippen LogP contribution is -2.07. The van der Waals surface area contributed by atoms with Crippen LogP contribution in [0.1, 0.15) is 6.92 Å². The van der Waals surface area contributed by atoms with Crippen LogP contribution in [0.2, 0.25) is 0 Å². The molecular weight excluding hydrogens is 342 g/mol. The van der Waals surface area contributed by atoms with Crippen molar-refractivity contribution in [2.45, 2.75) is 6.92 Å². The normalized spacial score (nSPS) is 11.7. The minimum Gasteiger partial charge on any atom is -0.489 e. The van der Waals surface area contributed by atoms with E-state index in [4.69, 9.17) is 9.72 Å². The largest absolute Gasteiger partial charge is 0.489 e.